The van der Waals surface area contributed by atoms with Gasteiger partial charge in [0.05, 0.1) is 0 Å². The fourth-order valence-corrected chi connectivity index (χ4v) is 1.72. The van der Waals surface area contributed by atoms with Crippen molar-refractivity contribution in [3.05, 3.63) is 35.9 Å². The van der Waals surface area contributed by atoms with Crippen LogP contribution in [-0.2, 0) is 10.2 Å². The zero-order chi connectivity index (χ0) is 12.7. The molecule has 0 aromatic heterocycles. The van der Waals surface area contributed by atoms with Gasteiger partial charge in [-0.2, -0.15) is 0 Å². The van der Waals surface area contributed by atoms with Crippen LogP contribution < -0.4 is 10.6 Å². The molecule has 2 N–H and O–H groups in total. The summed E-state index contributed by atoms with van der Waals surface area (Å²) in [7, 11) is 1.66. The summed E-state index contributed by atoms with van der Waals surface area (Å²) in [6, 6.07) is 10.4. The van der Waals surface area contributed by atoms with Gasteiger partial charge in [-0.05, 0) is 5.56 Å². The van der Waals surface area contributed by atoms with Crippen LogP contribution in [0.15, 0.2) is 30.3 Å². The van der Waals surface area contributed by atoms with Crippen molar-refractivity contribution in [2.75, 3.05) is 20.1 Å². The highest BCUT2D eigenvalue weighted by molar-refractivity contribution is 5.75. The highest BCUT2D eigenvalue weighted by Crippen LogP contribution is 2.21. The van der Waals surface area contributed by atoms with Gasteiger partial charge in [0.15, 0.2) is 0 Å². The van der Waals surface area contributed by atoms with E-state index >= 15 is 0 Å². The van der Waals surface area contributed by atoms with Crippen molar-refractivity contribution >= 4 is 5.91 Å². The molecule has 0 aliphatic heterocycles. The smallest absolute Gasteiger partial charge is 0.221 e. The average molecular weight is 234 g/mol. The van der Waals surface area contributed by atoms with Crippen LogP contribution in [0.4, 0.5) is 0 Å². The first kappa shape index (κ1) is 13.7. The van der Waals surface area contributed by atoms with Crippen LogP contribution in [0, 0.1) is 0 Å². The van der Waals surface area contributed by atoms with Gasteiger partial charge >= 0.3 is 0 Å². The van der Waals surface area contributed by atoms with Crippen LogP contribution in [0.25, 0.3) is 0 Å². The molecule has 0 spiro atoms. The molecule has 1 rings (SSSR count). The highest BCUT2D eigenvalue weighted by atomic mass is 16.1. The van der Waals surface area contributed by atoms with E-state index in [1.165, 1.54) is 5.56 Å². The summed E-state index contributed by atoms with van der Waals surface area (Å²) in [6.45, 7) is 5.99. The lowest BCUT2D eigenvalue weighted by Gasteiger charge is -2.25. The molecule has 1 aromatic rings. The summed E-state index contributed by atoms with van der Waals surface area (Å²) in [5.74, 6) is 0.0787. The minimum Gasteiger partial charge on any atom is -0.359 e. The molecule has 94 valence electrons. The Balaban J connectivity index is 2.38. The number of carbonyl (C=O) groups is 1. The van der Waals surface area contributed by atoms with Gasteiger partial charge in [0.1, 0.15) is 0 Å². The molecule has 3 heteroatoms. The Bertz CT molecular complexity index is 346. The molecular weight excluding hydrogens is 212 g/mol. The van der Waals surface area contributed by atoms with Gasteiger partial charge in [-0.15, -0.1) is 0 Å². The van der Waals surface area contributed by atoms with E-state index in [1.54, 1.807) is 7.05 Å². The normalized spacial score (nSPS) is 11.2. The van der Waals surface area contributed by atoms with Gasteiger partial charge in [0.2, 0.25) is 5.91 Å². The minimum atomic E-state index is 0.0787. The molecule has 1 amide bonds. The zero-order valence-electron chi connectivity index (χ0n) is 10.9. The van der Waals surface area contributed by atoms with Crippen LogP contribution in [0.1, 0.15) is 25.8 Å². The van der Waals surface area contributed by atoms with E-state index < -0.39 is 0 Å². The summed E-state index contributed by atoms with van der Waals surface area (Å²) >= 11 is 0. The molecule has 0 aliphatic carbocycles. The van der Waals surface area contributed by atoms with Gasteiger partial charge in [-0.3, -0.25) is 4.79 Å². The number of carbonyl (C=O) groups excluding carboxylic acids is 1. The maximum atomic E-state index is 11.1. The third-order valence-electron chi connectivity index (χ3n) is 2.93. The van der Waals surface area contributed by atoms with E-state index in [-0.39, 0.29) is 11.3 Å². The fraction of sp³-hybridized carbons (Fsp3) is 0.500. The first-order valence-corrected chi connectivity index (χ1v) is 6.03. The topological polar surface area (TPSA) is 41.1 Å². The summed E-state index contributed by atoms with van der Waals surface area (Å²) in [5, 5.41) is 5.94. The van der Waals surface area contributed by atoms with Crippen LogP contribution >= 0.6 is 0 Å². The lowest BCUT2D eigenvalue weighted by molar-refractivity contribution is -0.120. The largest absolute Gasteiger partial charge is 0.359 e. The molecule has 3 nitrogen and oxygen atoms in total. The standard InChI is InChI=1S/C14H22N2O/c1-14(2,12-7-5-4-6-8-12)11-16-10-9-13(17)15-3/h4-8,16H,9-11H2,1-3H3,(H,15,17). The first-order valence-electron chi connectivity index (χ1n) is 6.03. The second kappa shape index (κ2) is 6.40. The summed E-state index contributed by atoms with van der Waals surface area (Å²) in [4.78, 5) is 11.1. The average Bonchev–Trinajstić information content (AvgIpc) is 2.35. The molecule has 0 aliphatic rings. The van der Waals surface area contributed by atoms with E-state index in [4.69, 9.17) is 0 Å². The molecule has 1 aromatic carbocycles. The third-order valence-corrected chi connectivity index (χ3v) is 2.93. The number of hydrogen-bond donors (Lipinski definition) is 2. The maximum Gasteiger partial charge on any atom is 0.221 e. The lowest BCUT2D eigenvalue weighted by Crippen LogP contribution is -2.35. The first-order chi connectivity index (χ1) is 8.06. The Morgan fingerprint density at radius 2 is 1.88 bits per heavy atom. The quantitative estimate of drug-likeness (QED) is 0.735. The van der Waals surface area contributed by atoms with Gasteiger partial charge in [0.25, 0.3) is 0 Å². The van der Waals surface area contributed by atoms with Crippen molar-refractivity contribution in [2.45, 2.75) is 25.7 Å². The zero-order valence-corrected chi connectivity index (χ0v) is 10.9. The van der Waals surface area contributed by atoms with Crippen molar-refractivity contribution in [1.29, 1.82) is 0 Å². The molecule has 0 saturated heterocycles. The van der Waals surface area contributed by atoms with E-state index in [1.807, 2.05) is 6.07 Å². The van der Waals surface area contributed by atoms with Crippen molar-refractivity contribution in [2.24, 2.45) is 0 Å². The van der Waals surface area contributed by atoms with Crippen molar-refractivity contribution in [3.63, 3.8) is 0 Å². The molecule has 17 heavy (non-hydrogen) atoms. The van der Waals surface area contributed by atoms with E-state index in [2.05, 4.69) is 48.7 Å². The highest BCUT2D eigenvalue weighted by Gasteiger charge is 2.19. The molecular formula is C14H22N2O. The molecule has 0 atom stereocenters. The van der Waals surface area contributed by atoms with Crippen molar-refractivity contribution in [1.82, 2.24) is 10.6 Å². The minimum absolute atomic E-state index is 0.0787. The third kappa shape index (κ3) is 4.57. The lowest BCUT2D eigenvalue weighted by atomic mass is 9.84. The maximum absolute atomic E-state index is 11.1. The van der Waals surface area contributed by atoms with Crippen LogP contribution in [-0.4, -0.2) is 26.0 Å². The Kier molecular flexibility index (Phi) is 5.16. The van der Waals surface area contributed by atoms with Gasteiger partial charge in [-0.1, -0.05) is 44.2 Å². The molecule has 0 unspecified atom stereocenters. The number of nitrogens with one attached hydrogen (secondary N) is 2. The Morgan fingerprint density at radius 3 is 2.47 bits per heavy atom. The molecule has 0 fully saturated rings. The predicted molar refractivity (Wildman–Crippen MR) is 71.0 cm³/mol. The monoisotopic (exact) mass is 234 g/mol. The van der Waals surface area contributed by atoms with Gasteiger partial charge in [0, 0.05) is 32.0 Å². The van der Waals surface area contributed by atoms with Crippen LogP contribution in [0.5, 0.6) is 0 Å². The van der Waals surface area contributed by atoms with E-state index in [9.17, 15) is 4.79 Å². The summed E-state index contributed by atoms with van der Waals surface area (Å²) in [6.07, 6.45) is 0.529. The fourth-order valence-electron chi connectivity index (χ4n) is 1.72. The summed E-state index contributed by atoms with van der Waals surface area (Å²) < 4.78 is 0. The SMILES string of the molecule is CNC(=O)CCNCC(C)(C)c1ccccc1. The number of hydrogen-bond acceptors (Lipinski definition) is 2. The number of benzene rings is 1. The Morgan fingerprint density at radius 1 is 1.24 bits per heavy atom. The summed E-state index contributed by atoms with van der Waals surface area (Å²) in [5.41, 5.74) is 1.40. The van der Waals surface area contributed by atoms with Crippen LogP contribution in [0.3, 0.4) is 0 Å². The molecule has 0 radical (unpaired) electrons. The molecule has 0 bridgehead atoms. The predicted octanol–water partition coefficient (Wildman–Crippen LogP) is 1.69. The van der Waals surface area contributed by atoms with Crippen molar-refractivity contribution in [3.8, 4) is 0 Å². The van der Waals surface area contributed by atoms with Crippen LogP contribution in [0.2, 0.25) is 0 Å². The van der Waals surface area contributed by atoms with Gasteiger partial charge in [-0.25, -0.2) is 0 Å². The van der Waals surface area contributed by atoms with Gasteiger partial charge < -0.3 is 10.6 Å². The number of amides is 1. The molecule has 0 saturated carbocycles. The second-order valence-corrected chi connectivity index (χ2v) is 4.85. The second-order valence-electron chi connectivity index (χ2n) is 4.85. The van der Waals surface area contributed by atoms with Crippen molar-refractivity contribution < 1.29 is 4.79 Å². The molecule has 0 heterocycles. The Hall–Kier alpha value is -1.35. The Labute approximate surface area is 104 Å². The van der Waals surface area contributed by atoms with E-state index in [0.29, 0.717) is 6.42 Å². The van der Waals surface area contributed by atoms with E-state index in [0.717, 1.165) is 13.1 Å². The number of rotatable bonds is 6.